The number of hydrogen-bond donors (Lipinski definition) is 2. The maximum absolute atomic E-state index is 14.5. The van der Waals surface area contributed by atoms with Crippen molar-refractivity contribution >= 4 is 22.1 Å². The third-order valence-electron chi connectivity index (χ3n) is 5.95. The molecule has 0 spiro atoms. The number of nitrogens with zero attached hydrogens (tertiary/aromatic N) is 6. The average Bonchev–Trinajstić information content (AvgIpc) is 3.52. The zero-order chi connectivity index (χ0) is 25.4. The summed E-state index contributed by atoms with van der Waals surface area (Å²) >= 11 is 0. The van der Waals surface area contributed by atoms with Gasteiger partial charge >= 0.3 is 0 Å². The van der Waals surface area contributed by atoms with E-state index in [1.807, 2.05) is 49.3 Å². The van der Waals surface area contributed by atoms with Crippen LogP contribution in [0.1, 0.15) is 0 Å². The number of fused-ring (bicyclic) bond motifs is 2. The molecule has 10 heteroatoms. The van der Waals surface area contributed by atoms with Crippen LogP contribution in [0.4, 0.5) is 4.39 Å². The number of aromatic amines is 2. The number of hydrogen-bond acceptors (Lipinski definition) is 7. The lowest BCUT2D eigenvalue weighted by Gasteiger charge is -2.12. The highest BCUT2D eigenvalue weighted by Crippen LogP contribution is 2.32. The third kappa shape index (κ3) is 4.50. The van der Waals surface area contributed by atoms with Gasteiger partial charge in [-0.25, -0.2) is 14.4 Å². The van der Waals surface area contributed by atoms with Crippen molar-refractivity contribution < 1.29 is 9.13 Å². The van der Waals surface area contributed by atoms with Crippen molar-refractivity contribution in [1.29, 1.82) is 0 Å². The predicted octanol–water partition coefficient (Wildman–Crippen LogP) is 4.70. The largest absolute Gasteiger partial charge is 0.492 e. The Labute approximate surface area is 211 Å². The lowest BCUT2D eigenvalue weighted by atomic mass is 10.1. The molecule has 9 nitrogen and oxygen atoms in total. The van der Waals surface area contributed by atoms with Gasteiger partial charge in [0.25, 0.3) is 0 Å². The number of aromatic nitrogens is 7. The van der Waals surface area contributed by atoms with Crippen LogP contribution in [0, 0.1) is 5.82 Å². The van der Waals surface area contributed by atoms with Gasteiger partial charge in [0.05, 0.1) is 22.3 Å². The summed E-state index contributed by atoms with van der Waals surface area (Å²) in [6.07, 6.45) is 5.17. The van der Waals surface area contributed by atoms with E-state index in [0.717, 1.165) is 28.7 Å². The fourth-order valence-electron chi connectivity index (χ4n) is 4.15. The summed E-state index contributed by atoms with van der Waals surface area (Å²) in [6.45, 7) is 1.16. The van der Waals surface area contributed by atoms with E-state index in [1.165, 1.54) is 12.1 Å². The molecule has 0 saturated carbocycles. The van der Waals surface area contributed by atoms with Crippen molar-refractivity contribution in [2.45, 2.75) is 0 Å². The van der Waals surface area contributed by atoms with Crippen LogP contribution < -0.4 is 4.74 Å². The molecule has 0 atom stereocenters. The molecule has 0 radical (unpaired) electrons. The van der Waals surface area contributed by atoms with Crippen LogP contribution in [-0.4, -0.2) is 67.3 Å². The third-order valence-corrected chi connectivity index (χ3v) is 5.95. The molecule has 0 amide bonds. The summed E-state index contributed by atoms with van der Waals surface area (Å²) in [6, 6.07) is 14.1. The average molecular weight is 495 g/mol. The zero-order valence-electron chi connectivity index (χ0n) is 20.2. The van der Waals surface area contributed by atoms with Crippen molar-refractivity contribution in [3.8, 4) is 39.8 Å². The standard InChI is InChI=1S/C27H23FN8O/c1-36(2)9-10-37-19-12-16(11-18(28)14-19)23-25-22(6-8-30-23)32-27(33-25)24-20-13-17(15-31-26(20)35-34-24)21-5-3-4-7-29-21/h3-8,11-15H,9-10H2,1-2H3,(H,32,33)(H,31,34,35). The number of halogens is 1. The molecule has 1 aromatic carbocycles. The second kappa shape index (κ2) is 9.40. The Morgan fingerprint density at radius 1 is 0.946 bits per heavy atom. The van der Waals surface area contributed by atoms with Crippen LogP contribution in [0.5, 0.6) is 5.75 Å². The lowest BCUT2D eigenvalue weighted by Crippen LogP contribution is -2.19. The Bertz CT molecular complexity index is 1710. The predicted molar refractivity (Wildman–Crippen MR) is 139 cm³/mol. The van der Waals surface area contributed by atoms with Crippen molar-refractivity contribution in [2.75, 3.05) is 27.2 Å². The van der Waals surface area contributed by atoms with Gasteiger partial charge in [-0.15, -0.1) is 0 Å². The van der Waals surface area contributed by atoms with Gasteiger partial charge in [0, 0.05) is 42.3 Å². The molecule has 37 heavy (non-hydrogen) atoms. The van der Waals surface area contributed by atoms with Gasteiger partial charge in [-0.2, -0.15) is 5.10 Å². The minimum atomic E-state index is -0.404. The molecule has 0 aliphatic heterocycles. The molecule has 6 aromatic rings. The van der Waals surface area contributed by atoms with Crippen molar-refractivity contribution in [3.63, 3.8) is 0 Å². The quantitative estimate of drug-likeness (QED) is 0.331. The maximum atomic E-state index is 14.5. The summed E-state index contributed by atoms with van der Waals surface area (Å²) in [5, 5.41) is 8.24. The van der Waals surface area contributed by atoms with Crippen molar-refractivity contribution in [3.05, 3.63) is 72.9 Å². The number of H-pyrrole nitrogens is 2. The van der Waals surface area contributed by atoms with E-state index < -0.39 is 5.82 Å². The van der Waals surface area contributed by atoms with Crippen LogP contribution in [-0.2, 0) is 0 Å². The highest BCUT2D eigenvalue weighted by Gasteiger charge is 2.18. The number of pyridine rings is 3. The van der Waals surface area contributed by atoms with Crippen molar-refractivity contribution in [1.82, 2.24) is 40.0 Å². The Hall–Kier alpha value is -4.70. The summed E-state index contributed by atoms with van der Waals surface area (Å²) < 4.78 is 20.3. The van der Waals surface area contributed by atoms with Gasteiger partial charge in [-0.3, -0.25) is 15.1 Å². The highest BCUT2D eigenvalue weighted by molar-refractivity contribution is 5.96. The van der Waals surface area contributed by atoms with E-state index in [-0.39, 0.29) is 0 Å². The number of ether oxygens (including phenoxy) is 1. The first kappa shape index (κ1) is 22.7. The van der Waals surface area contributed by atoms with Crippen LogP contribution in [0.25, 0.3) is 56.1 Å². The summed E-state index contributed by atoms with van der Waals surface area (Å²) in [5.74, 6) is 0.588. The molecular weight excluding hydrogens is 471 g/mol. The van der Waals surface area contributed by atoms with Gasteiger partial charge in [-0.05, 0) is 50.5 Å². The molecule has 6 rings (SSSR count). The second-order valence-corrected chi connectivity index (χ2v) is 8.88. The van der Waals surface area contributed by atoms with Gasteiger partial charge < -0.3 is 14.6 Å². The number of likely N-dealkylation sites (N-methyl/N-ethyl adjacent to an activating group) is 1. The van der Waals surface area contributed by atoms with Gasteiger partial charge in [0.1, 0.15) is 29.4 Å². The minimum Gasteiger partial charge on any atom is -0.492 e. The van der Waals surface area contributed by atoms with Crippen LogP contribution in [0.2, 0.25) is 0 Å². The Morgan fingerprint density at radius 2 is 1.86 bits per heavy atom. The first-order valence-electron chi connectivity index (χ1n) is 11.7. The van der Waals surface area contributed by atoms with Gasteiger partial charge in [-0.1, -0.05) is 6.07 Å². The molecule has 184 valence electrons. The Kier molecular flexibility index (Phi) is 5.78. The first-order valence-corrected chi connectivity index (χ1v) is 11.7. The molecule has 0 aliphatic carbocycles. The van der Waals surface area contributed by atoms with E-state index in [0.29, 0.717) is 46.3 Å². The molecule has 2 N–H and O–H groups in total. The van der Waals surface area contributed by atoms with E-state index in [4.69, 9.17) is 9.72 Å². The van der Waals surface area contributed by atoms with Crippen LogP contribution in [0.3, 0.4) is 0 Å². The maximum Gasteiger partial charge on any atom is 0.159 e. The van der Waals surface area contributed by atoms with Crippen LogP contribution >= 0.6 is 0 Å². The number of nitrogens with one attached hydrogen (secondary N) is 2. The number of benzene rings is 1. The molecule has 5 heterocycles. The topological polar surface area (TPSA) is 108 Å². The molecule has 5 aromatic heterocycles. The summed E-state index contributed by atoms with van der Waals surface area (Å²) in [7, 11) is 3.91. The summed E-state index contributed by atoms with van der Waals surface area (Å²) in [4.78, 5) is 23.6. The number of imidazole rings is 1. The highest BCUT2D eigenvalue weighted by atomic mass is 19.1. The van der Waals surface area contributed by atoms with Gasteiger partial charge in [0.2, 0.25) is 0 Å². The molecule has 0 aliphatic rings. The second-order valence-electron chi connectivity index (χ2n) is 8.88. The zero-order valence-corrected chi connectivity index (χ0v) is 20.2. The number of rotatable bonds is 7. The Morgan fingerprint density at radius 3 is 2.70 bits per heavy atom. The Balaban J connectivity index is 1.41. The monoisotopic (exact) mass is 494 g/mol. The first-order chi connectivity index (χ1) is 18.0. The normalized spacial score (nSPS) is 11.6. The summed E-state index contributed by atoms with van der Waals surface area (Å²) in [5.41, 5.74) is 5.42. The van der Waals surface area contributed by atoms with Crippen LogP contribution in [0.15, 0.2) is 67.1 Å². The SMILES string of the molecule is CN(C)CCOc1cc(F)cc(-c2nccc3[nH]c(-c4n[nH]c5ncc(-c6ccccn6)cc45)nc23)c1. The molecule has 0 bridgehead atoms. The molecule has 0 fully saturated rings. The fourth-order valence-corrected chi connectivity index (χ4v) is 4.15. The minimum absolute atomic E-state index is 0.404. The van der Waals surface area contributed by atoms with E-state index in [1.54, 1.807) is 24.7 Å². The van der Waals surface area contributed by atoms with Crippen molar-refractivity contribution in [2.24, 2.45) is 0 Å². The van der Waals surface area contributed by atoms with E-state index >= 15 is 0 Å². The molecule has 0 saturated heterocycles. The smallest absolute Gasteiger partial charge is 0.159 e. The van der Waals surface area contributed by atoms with E-state index in [2.05, 4.69) is 30.1 Å². The molecular formula is C27H23FN8O. The fraction of sp³-hybridized carbons (Fsp3) is 0.148. The van der Waals surface area contributed by atoms with E-state index in [9.17, 15) is 4.39 Å². The molecule has 0 unspecified atom stereocenters. The lowest BCUT2D eigenvalue weighted by molar-refractivity contribution is 0.260. The van der Waals surface area contributed by atoms with Gasteiger partial charge in [0.15, 0.2) is 11.5 Å².